The lowest BCUT2D eigenvalue weighted by Gasteiger charge is -2.11. The van der Waals surface area contributed by atoms with Crippen molar-refractivity contribution in [1.82, 2.24) is 20.2 Å². The van der Waals surface area contributed by atoms with Crippen LogP contribution in [0, 0.1) is 17.2 Å². The molecule has 0 saturated carbocycles. The van der Waals surface area contributed by atoms with E-state index in [4.69, 9.17) is 11.0 Å². The van der Waals surface area contributed by atoms with Gasteiger partial charge in [-0.1, -0.05) is 11.8 Å². The maximum absolute atomic E-state index is 12.3. The second-order valence-electron chi connectivity index (χ2n) is 3.01. The molecule has 0 aliphatic carbocycles. The highest BCUT2D eigenvalue weighted by molar-refractivity contribution is 7.99. The Labute approximate surface area is 99.0 Å². The first-order valence-electron chi connectivity index (χ1n) is 4.54. The molecule has 0 aromatic carbocycles. The largest absolute Gasteiger partial charge is 0.405 e. The minimum Gasteiger partial charge on any atom is -0.329 e. The van der Waals surface area contributed by atoms with Crippen LogP contribution >= 0.6 is 11.8 Å². The van der Waals surface area contributed by atoms with E-state index in [9.17, 15) is 13.2 Å². The lowest BCUT2D eigenvalue weighted by atomic mass is 10.2. The van der Waals surface area contributed by atoms with Crippen molar-refractivity contribution in [3.63, 3.8) is 0 Å². The van der Waals surface area contributed by atoms with Gasteiger partial charge in [-0.25, -0.2) is 4.68 Å². The first kappa shape index (κ1) is 13.7. The molecule has 0 fully saturated rings. The summed E-state index contributed by atoms with van der Waals surface area (Å²) in [5.74, 6) is -2.47. The topological polar surface area (TPSA) is 93.4 Å². The lowest BCUT2D eigenvalue weighted by molar-refractivity contribution is -0.152. The quantitative estimate of drug-likeness (QED) is 0.776. The molecular formula is C7H9F3N6S. The van der Waals surface area contributed by atoms with Crippen LogP contribution in [-0.2, 0) is 6.54 Å². The summed E-state index contributed by atoms with van der Waals surface area (Å²) in [5.41, 5.74) is 5.28. The second-order valence-corrected chi connectivity index (χ2v) is 3.99. The number of rotatable bonds is 5. The zero-order valence-corrected chi connectivity index (χ0v) is 9.37. The molecule has 6 nitrogen and oxygen atoms in total. The predicted molar refractivity (Wildman–Crippen MR) is 52.8 cm³/mol. The van der Waals surface area contributed by atoms with Crippen molar-refractivity contribution in [2.24, 2.45) is 11.7 Å². The van der Waals surface area contributed by atoms with Gasteiger partial charge in [0, 0.05) is 12.3 Å². The maximum atomic E-state index is 12.3. The molecule has 0 radical (unpaired) electrons. The minimum atomic E-state index is -4.53. The number of nitrogens with two attached hydrogens (primary N) is 1. The van der Waals surface area contributed by atoms with Gasteiger partial charge in [-0.2, -0.15) is 18.4 Å². The minimum absolute atomic E-state index is 0.222. The van der Waals surface area contributed by atoms with Gasteiger partial charge < -0.3 is 5.73 Å². The van der Waals surface area contributed by atoms with Gasteiger partial charge in [0.2, 0.25) is 5.16 Å². The molecule has 0 bridgehead atoms. The standard InChI is InChI=1S/C7H9F3N6S/c8-7(9,10)5(3-12)4-17-6-13-14-15-16(6)2-1-11/h5H,1-2,4,11H2. The molecule has 10 heteroatoms. The van der Waals surface area contributed by atoms with Crippen molar-refractivity contribution >= 4 is 11.8 Å². The average Bonchev–Trinajstić information content (AvgIpc) is 2.65. The molecular weight excluding hydrogens is 257 g/mol. The monoisotopic (exact) mass is 266 g/mol. The van der Waals surface area contributed by atoms with E-state index in [1.54, 1.807) is 0 Å². The molecule has 1 aromatic heterocycles. The number of thioether (sulfide) groups is 1. The van der Waals surface area contributed by atoms with E-state index in [1.807, 2.05) is 0 Å². The van der Waals surface area contributed by atoms with Crippen LogP contribution in [0.3, 0.4) is 0 Å². The zero-order chi connectivity index (χ0) is 12.9. The highest BCUT2D eigenvalue weighted by Gasteiger charge is 2.40. The fourth-order valence-electron chi connectivity index (χ4n) is 0.925. The lowest BCUT2D eigenvalue weighted by Crippen LogP contribution is -2.23. The average molecular weight is 266 g/mol. The molecule has 0 aliphatic heterocycles. The van der Waals surface area contributed by atoms with Crippen LogP contribution in [0.4, 0.5) is 13.2 Å². The van der Waals surface area contributed by atoms with Gasteiger partial charge in [0.25, 0.3) is 0 Å². The Morgan fingerprint density at radius 1 is 1.53 bits per heavy atom. The molecule has 1 aromatic rings. The molecule has 0 saturated heterocycles. The van der Waals surface area contributed by atoms with E-state index in [2.05, 4.69) is 15.5 Å². The van der Waals surface area contributed by atoms with E-state index >= 15 is 0 Å². The summed E-state index contributed by atoms with van der Waals surface area (Å²) in [6.07, 6.45) is -4.53. The van der Waals surface area contributed by atoms with Crippen LogP contribution in [0.15, 0.2) is 5.16 Å². The normalized spacial score (nSPS) is 13.4. The molecule has 1 heterocycles. The third-order valence-corrected chi connectivity index (χ3v) is 2.82. The Hall–Kier alpha value is -1.34. The fraction of sp³-hybridized carbons (Fsp3) is 0.714. The number of alkyl halides is 3. The Kier molecular flexibility index (Phi) is 4.71. The second kappa shape index (κ2) is 5.83. The summed E-state index contributed by atoms with van der Waals surface area (Å²) >= 11 is 0.782. The first-order chi connectivity index (χ1) is 7.99. The highest BCUT2D eigenvalue weighted by atomic mass is 32.2. The van der Waals surface area contributed by atoms with Crippen molar-refractivity contribution in [2.75, 3.05) is 12.3 Å². The molecule has 1 unspecified atom stereocenters. The third-order valence-electron chi connectivity index (χ3n) is 1.77. The first-order valence-corrected chi connectivity index (χ1v) is 5.53. The van der Waals surface area contributed by atoms with Crippen molar-refractivity contribution < 1.29 is 13.2 Å². The summed E-state index contributed by atoms with van der Waals surface area (Å²) in [4.78, 5) is 0. The van der Waals surface area contributed by atoms with Crippen LogP contribution in [0.2, 0.25) is 0 Å². The van der Waals surface area contributed by atoms with Gasteiger partial charge in [0.1, 0.15) is 0 Å². The third kappa shape index (κ3) is 3.86. The Morgan fingerprint density at radius 3 is 2.76 bits per heavy atom. The summed E-state index contributed by atoms with van der Waals surface area (Å²) in [6.45, 7) is 0.595. The van der Waals surface area contributed by atoms with Gasteiger partial charge in [-0.15, -0.1) is 5.10 Å². The number of nitrogens with zero attached hydrogens (tertiary/aromatic N) is 5. The van der Waals surface area contributed by atoms with Crippen molar-refractivity contribution in [2.45, 2.75) is 17.9 Å². The fourth-order valence-corrected chi connectivity index (χ4v) is 1.88. The number of tetrazole rings is 1. The van der Waals surface area contributed by atoms with E-state index in [1.165, 1.54) is 10.8 Å². The van der Waals surface area contributed by atoms with Gasteiger partial charge in [-0.05, 0) is 10.4 Å². The molecule has 0 amide bonds. The van der Waals surface area contributed by atoms with Crippen LogP contribution in [0.1, 0.15) is 0 Å². The Bertz CT molecular complexity index is 397. The SMILES string of the molecule is N#CC(CSc1nnnn1CCN)C(F)(F)F. The molecule has 0 aliphatic rings. The molecule has 1 rings (SSSR count). The van der Waals surface area contributed by atoms with Crippen molar-refractivity contribution in [3.05, 3.63) is 0 Å². The Balaban J connectivity index is 2.61. The van der Waals surface area contributed by atoms with Gasteiger partial charge in [0.05, 0.1) is 12.6 Å². The molecule has 94 valence electrons. The van der Waals surface area contributed by atoms with E-state index in [0.717, 1.165) is 11.8 Å². The van der Waals surface area contributed by atoms with Gasteiger partial charge in [0.15, 0.2) is 5.92 Å². The molecule has 2 N–H and O–H groups in total. The van der Waals surface area contributed by atoms with Gasteiger partial charge in [-0.3, -0.25) is 0 Å². The number of halogens is 3. The van der Waals surface area contributed by atoms with E-state index in [0.29, 0.717) is 6.54 Å². The smallest absolute Gasteiger partial charge is 0.329 e. The van der Waals surface area contributed by atoms with Crippen LogP contribution in [-0.4, -0.2) is 38.7 Å². The number of nitriles is 1. The van der Waals surface area contributed by atoms with Crippen LogP contribution in [0.25, 0.3) is 0 Å². The zero-order valence-electron chi connectivity index (χ0n) is 8.55. The molecule has 1 atom stereocenters. The predicted octanol–water partition coefficient (Wildman–Crippen LogP) is 0.426. The summed E-state index contributed by atoms with van der Waals surface area (Å²) in [7, 11) is 0. The van der Waals surface area contributed by atoms with Crippen molar-refractivity contribution in [3.8, 4) is 6.07 Å². The summed E-state index contributed by atoms with van der Waals surface area (Å²) in [6, 6.07) is 1.21. The number of aromatic nitrogens is 4. The number of hydrogen-bond donors (Lipinski definition) is 1. The van der Waals surface area contributed by atoms with Crippen molar-refractivity contribution in [1.29, 1.82) is 5.26 Å². The van der Waals surface area contributed by atoms with E-state index in [-0.39, 0.29) is 11.7 Å². The highest BCUT2D eigenvalue weighted by Crippen LogP contribution is 2.30. The maximum Gasteiger partial charge on any atom is 0.405 e. The van der Waals surface area contributed by atoms with E-state index < -0.39 is 17.8 Å². The van der Waals surface area contributed by atoms with Crippen LogP contribution < -0.4 is 5.73 Å². The number of hydrogen-bond acceptors (Lipinski definition) is 6. The summed E-state index contributed by atoms with van der Waals surface area (Å²) < 4.78 is 38.2. The molecule has 17 heavy (non-hydrogen) atoms. The summed E-state index contributed by atoms with van der Waals surface area (Å²) in [5, 5.41) is 19.1. The van der Waals surface area contributed by atoms with Gasteiger partial charge >= 0.3 is 6.18 Å². The molecule has 0 spiro atoms. The van der Waals surface area contributed by atoms with Crippen LogP contribution in [0.5, 0.6) is 0 Å². The Morgan fingerprint density at radius 2 is 2.24 bits per heavy atom.